The van der Waals surface area contributed by atoms with Crippen LogP contribution in [0.1, 0.15) is 67.0 Å². The summed E-state index contributed by atoms with van der Waals surface area (Å²) < 4.78 is 13.5. The number of amides is 1. The Bertz CT molecular complexity index is 1800. The first-order valence-corrected chi connectivity index (χ1v) is 16.4. The van der Waals surface area contributed by atoms with E-state index in [1.807, 2.05) is 24.3 Å². The summed E-state index contributed by atoms with van der Waals surface area (Å²) in [5.41, 5.74) is 7.40. The van der Waals surface area contributed by atoms with Gasteiger partial charge in [-0.2, -0.15) is 0 Å². The number of hydrogen-bond acceptors (Lipinski definition) is 5. The summed E-state index contributed by atoms with van der Waals surface area (Å²) in [6.07, 6.45) is -0.807. The van der Waals surface area contributed by atoms with Crippen LogP contribution >= 0.6 is 0 Å². The maximum atomic E-state index is 11.4. The fourth-order valence-corrected chi connectivity index (χ4v) is 6.41. The highest BCUT2D eigenvalue weighted by atomic mass is 16.7. The van der Waals surface area contributed by atoms with Gasteiger partial charge in [0.25, 0.3) is 0 Å². The number of nitrogens with one attached hydrogen (secondary N) is 1. The second-order valence-electron chi connectivity index (χ2n) is 12.8. The third kappa shape index (κ3) is 7.64. The summed E-state index contributed by atoms with van der Waals surface area (Å²) in [6.45, 7) is 7.23. The summed E-state index contributed by atoms with van der Waals surface area (Å²) in [4.78, 5) is 13.8. The molecule has 0 bridgehead atoms. The molecule has 5 aromatic carbocycles. The lowest BCUT2D eigenvalue weighted by Crippen LogP contribution is -2.44. The topological polar surface area (TPSA) is 71.0 Å². The van der Waals surface area contributed by atoms with Gasteiger partial charge in [0.2, 0.25) is 5.91 Å². The van der Waals surface area contributed by atoms with Gasteiger partial charge in [-0.1, -0.05) is 110 Å². The van der Waals surface area contributed by atoms with E-state index in [0.29, 0.717) is 6.54 Å². The number of hydrogen-bond donors (Lipinski definition) is 2. The van der Waals surface area contributed by atoms with E-state index in [4.69, 9.17) is 9.47 Å². The summed E-state index contributed by atoms with van der Waals surface area (Å²) in [5, 5.41) is 15.0. The van der Waals surface area contributed by atoms with Gasteiger partial charge in [0.1, 0.15) is 0 Å². The van der Waals surface area contributed by atoms with Gasteiger partial charge in [0, 0.05) is 37.5 Å². The van der Waals surface area contributed by atoms with Crippen LogP contribution in [0.25, 0.3) is 21.9 Å². The number of benzene rings is 5. The Hall–Kier alpha value is -4.33. The third-order valence-electron chi connectivity index (χ3n) is 9.49. The van der Waals surface area contributed by atoms with Crippen molar-refractivity contribution in [3.63, 3.8) is 0 Å². The average molecular weight is 629 g/mol. The zero-order chi connectivity index (χ0) is 32.9. The van der Waals surface area contributed by atoms with E-state index < -0.39 is 6.29 Å². The number of fused-ring (bicyclic) bond motifs is 1. The molecule has 0 aliphatic carbocycles. The fourth-order valence-electron chi connectivity index (χ4n) is 6.41. The zero-order valence-electron chi connectivity index (χ0n) is 27.6. The largest absolute Gasteiger partial charge is 0.392 e. The highest BCUT2D eigenvalue weighted by molar-refractivity contribution is 5.83. The molecule has 5 aromatic rings. The summed E-state index contributed by atoms with van der Waals surface area (Å²) in [5.74, 6) is 0.0416. The van der Waals surface area contributed by atoms with Crippen LogP contribution in [-0.4, -0.2) is 35.6 Å². The summed E-state index contributed by atoms with van der Waals surface area (Å²) in [6, 6.07) is 40.0. The predicted octanol–water partition coefficient (Wildman–Crippen LogP) is 8.12. The first-order valence-electron chi connectivity index (χ1n) is 16.4. The fraction of sp³-hybridized carbons (Fsp3) is 0.293. The number of carbonyl (C=O) groups is 1. The van der Waals surface area contributed by atoms with Crippen molar-refractivity contribution in [1.29, 1.82) is 0 Å². The maximum absolute atomic E-state index is 11.4. The molecule has 0 spiro atoms. The van der Waals surface area contributed by atoms with Crippen LogP contribution in [0.15, 0.2) is 115 Å². The van der Waals surface area contributed by atoms with E-state index in [9.17, 15) is 9.90 Å². The highest BCUT2D eigenvalue weighted by Gasteiger charge is 2.39. The number of rotatable bonds is 10. The SMILES string of the molecule is CC(=O)NCc1cccc(-c2ccc(C3OC(CN(C)C(C)c4ccc5ccccc5c4)C(C)C(c4ccc(CO)cc4)O3)cc2)c1. The molecule has 0 aromatic heterocycles. The lowest BCUT2D eigenvalue weighted by Gasteiger charge is -2.43. The standard InChI is InChI=1S/C41H44N2O4/c1-27-39(25-43(4)28(2)36-21-18-32-9-5-6-10-38(32)23-36)46-41(47-40(27)34-14-12-30(26-44)13-15-34)35-19-16-33(17-20-35)37-11-7-8-31(22-37)24-42-29(3)45/h5-23,27-28,39-41,44H,24-26H2,1-4H3,(H,42,45). The molecule has 6 nitrogen and oxygen atoms in total. The molecule has 1 saturated heterocycles. The second kappa shape index (κ2) is 14.6. The number of aliphatic hydroxyl groups excluding tert-OH is 1. The van der Waals surface area contributed by atoms with E-state index in [-0.39, 0.29) is 36.7 Å². The van der Waals surface area contributed by atoms with Crippen molar-refractivity contribution in [2.24, 2.45) is 5.92 Å². The molecule has 1 aliphatic heterocycles. The smallest absolute Gasteiger partial charge is 0.217 e. The minimum Gasteiger partial charge on any atom is -0.392 e. The first kappa shape index (κ1) is 32.6. The molecule has 6 heteroatoms. The second-order valence-corrected chi connectivity index (χ2v) is 12.8. The van der Waals surface area contributed by atoms with Crippen molar-refractivity contribution in [1.82, 2.24) is 10.2 Å². The molecule has 2 N–H and O–H groups in total. The number of nitrogens with zero attached hydrogens (tertiary/aromatic N) is 1. The van der Waals surface area contributed by atoms with Gasteiger partial charge in [-0.15, -0.1) is 0 Å². The van der Waals surface area contributed by atoms with Crippen molar-refractivity contribution < 1.29 is 19.4 Å². The quantitative estimate of drug-likeness (QED) is 0.164. The lowest BCUT2D eigenvalue weighted by molar-refractivity contribution is -0.276. The van der Waals surface area contributed by atoms with Crippen LogP contribution in [0.2, 0.25) is 0 Å². The molecule has 1 amide bonds. The van der Waals surface area contributed by atoms with Crippen LogP contribution < -0.4 is 5.32 Å². The predicted molar refractivity (Wildman–Crippen MR) is 187 cm³/mol. The molecule has 1 heterocycles. The Balaban J connectivity index is 1.24. The minimum atomic E-state index is -0.539. The van der Waals surface area contributed by atoms with Crippen LogP contribution in [0.5, 0.6) is 0 Å². The van der Waals surface area contributed by atoms with Crippen molar-refractivity contribution in [3.05, 3.63) is 143 Å². The number of aliphatic hydroxyl groups is 1. The average Bonchev–Trinajstić information content (AvgIpc) is 3.11. The van der Waals surface area contributed by atoms with Crippen molar-refractivity contribution >= 4 is 16.7 Å². The van der Waals surface area contributed by atoms with E-state index in [1.165, 1.54) is 23.3 Å². The molecule has 0 saturated carbocycles. The van der Waals surface area contributed by atoms with Crippen LogP contribution in [0.4, 0.5) is 0 Å². The molecule has 47 heavy (non-hydrogen) atoms. The molecule has 1 fully saturated rings. The summed E-state index contributed by atoms with van der Waals surface area (Å²) in [7, 11) is 2.17. The van der Waals surface area contributed by atoms with Gasteiger partial charge >= 0.3 is 0 Å². The Morgan fingerprint density at radius 2 is 1.53 bits per heavy atom. The first-order chi connectivity index (χ1) is 22.8. The zero-order valence-corrected chi connectivity index (χ0v) is 27.6. The molecular formula is C41H44N2O4. The van der Waals surface area contributed by atoms with Crippen molar-refractivity contribution in [3.8, 4) is 11.1 Å². The van der Waals surface area contributed by atoms with Crippen LogP contribution in [-0.2, 0) is 27.4 Å². The van der Waals surface area contributed by atoms with E-state index in [0.717, 1.165) is 39.9 Å². The van der Waals surface area contributed by atoms with Gasteiger partial charge < -0.3 is 19.9 Å². The van der Waals surface area contributed by atoms with Gasteiger partial charge in [0.05, 0.1) is 18.8 Å². The van der Waals surface area contributed by atoms with Crippen LogP contribution in [0.3, 0.4) is 0 Å². The molecule has 242 valence electrons. The highest BCUT2D eigenvalue weighted by Crippen LogP contribution is 2.42. The van der Waals surface area contributed by atoms with E-state index in [1.54, 1.807) is 0 Å². The molecule has 5 unspecified atom stereocenters. The molecule has 6 rings (SSSR count). The number of likely N-dealkylation sites (N-methyl/N-ethyl adjacent to an activating group) is 1. The van der Waals surface area contributed by atoms with Gasteiger partial charge in [-0.05, 0) is 70.3 Å². The Morgan fingerprint density at radius 3 is 2.26 bits per heavy atom. The number of ether oxygens (including phenoxy) is 2. The number of carbonyl (C=O) groups excluding carboxylic acids is 1. The monoisotopic (exact) mass is 628 g/mol. The minimum absolute atomic E-state index is 0.00959. The van der Waals surface area contributed by atoms with E-state index in [2.05, 4.69) is 122 Å². The van der Waals surface area contributed by atoms with Gasteiger partial charge in [0.15, 0.2) is 6.29 Å². The third-order valence-corrected chi connectivity index (χ3v) is 9.49. The molecular weight excluding hydrogens is 584 g/mol. The molecule has 0 radical (unpaired) electrons. The Morgan fingerprint density at radius 1 is 0.809 bits per heavy atom. The Labute approximate surface area is 278 Å². The Kier molecular flexibility index (Phi) is 10.1. The molecule has 1 aliphatic rings. The van der Waals surface area contributed by atoms with Crippen molar-refractivity contribution in [2.45, 2.75) is 58.5 Å². The normalized spacial score (nSPS) is 20.3. The van der Waals surface area contributed by atoms with Crippen molar-refractivity contribution in [2.75, 3.05) is 13.6 Å². The lowest BCUT2D eigenvalue weighted by atomic mass is 9.89. The summed E-state index contributed by atoms with van der Waals surface area (Å²) >= 11 is 0. The van der Waals surface area contributed by atoms with Crippen LogP contribution in [0, 0.1) is 5.92 Å². The van der Waals surface area contributed by atoms with Gasteiger partial charge in [-0.25, -0.2) is 0 Å². The van der Waals surface area contributed by atoms with E-state index >= 15 is 0 Å². The van der Waals surface area contributed by atoms with Gasteiger partial charge in [-0.3, -0.25) is 9.69 Å². The maximum Gasteiger partial charge on any atom is 0.217 e. The molecule has 5 atom stereocenters.